The number of rotatable bonds is 4. The second-order valence-electron chi connectivity index (χ2n) is 3.35. The van der Waals surface area contributed by atoms with Gasteiger partial charge in [-0.05, 0) is 18.6 Å². The van der Waals surface area contributed by atoms with Gasteiger partial charge in [-0.15, -0.1) is 0 Å². The van der Waals surface area contributed by atoms with Gasteiger partial charge >= 0.3 is 0 Å². The van der Waals surface area contributed by atoms with Crippen LogP contribution in [0.4, 0.5) is 0 Å². The van der Waals surface area contributed by atoms with Gasteiger partial charge in [-0.25, -0.2) is 13.1 Å². The third-order valence-electron chi connectivity index (χ3n) is 2.10. The average Bonchev–Trinajstić information content (AvgIpc) is 2.17. The molecule has 0 aliphatic rings. The smallest absolute Gasteiger partial charge is 0.240 e. The van der Waals surface area contributed by atoms with Crippen LogP contribution in [0.5, 0.6) is 0 Å². The van der Waals surface area contributed by atoms with Gasteiger partial charge in [0.15, 0.2) is 0 Å². The van der Waals surface area contributed by atoms with Gasteiger partial charge in [-0.3, -0.25) is 0 Å². The van der Waals surface area contributed by atoms with E-state index in [1.54, 1.807) is 26.0 Å². The molecule has 6 heteroatoms. The van der Waals surface area contributed by atoms with Gasteiger partial charge in [-0.1, -0.05) is 31.3 Å². The molecule has 1 aromatic carbocycles. The Hall–Kier alpha value is -0.980. The molecule has 0 aliphatic heterocycles. The van der Waals surface area contributed by atoms with E-state index in [0.717, 1.165) is 0 Å². The quantitative estimate of drug-likeness (QED) is 0.788. The lowest BCUT2D eigenvalue weighted by Crippen LogP contribution is -2.24. The summed E-state index contributed by atoms with van der Waals surface area (Å²) in [6.45, 7) is 3.80. The summed E-state index contributed by atoms with van der Waals surface area (Å²) in [7, 11) is -3.46. The van der Waals surface area contributed by atoms with E-state index in [1.165, 1.54) is 6.07 Å². The fourth-order valence-corrected chi connectivity index (χ4v) is 2.75. The highest BCUT2D eigenvalue weighted by atomic mass is 32.2. The van der Waals surface area contributed by atoms with Crippen molar-refractivity contribution in [2.24, 2.45) is 5.73 Å². The lowest BCUT2D eigenvalue weighted by molar-refractivity contribution is 0.583. The molecule has 0 atom stereocenters. The van der Waals surface area contributed by atoms with E-state index in [4.69, 9.17) is 18.0 Å². The van der Waals surface area contributed by atoms with Crippen LogP contribution in [-0.4, -0.2) is 20.0 Å². The average molecular weight is 258 g/mol. The number of nitrogens with one attached hydrogen (secondary N) is 1. The van der Waals surface area contributed by atoms with Crippen LogP contribution in [0, 0.1) is 6.92 Å². The van der Waals surface area contributed by atoms with Crippen molar-refractivity contribution in [1.82, 2.24) is 4.72 Å². The van der Waals surface area contributed by atoms with E-state index in [1.807, 2.05) is 0 Å². The van der Waals surface area contributed by atoms with Crippen molar-refractivity contribution in [2.45, 2.75) is 18.7 Å². The zero-order valence-electron chi connectivity index (χ0n) is 9.15. The van der Waals surface area contributed by atoms with E-state index in [0.29, 0.717) is 17.7 Å². The van der Waals surface area contributed by atoms with E-state index in [2.05, 4.69) is 4.72 Å². The Morgan fingerprint density at radius 3 is 2.62 bits per heavy atom. The van der Waals surface area contributed by atoms with E-state index >= 15 is 0 Å². The fraction of sp³-hybridized carbons (Fsp3) is 0.300. The summed E-state index contributed by atoms with van der Waals surface area (Å²) in [5.41, 5.74) is 6.69. The van der Waals surface area contributed by atoms with Crippen LogP contribution in [0.15, 0.2) is 23.1 Å². The maximum absolute atomic E-state index is 11.8. The van der Waals surface area contributed by atoms with Gasteiger partial charge in [-0.2, -0.15) is 0 Å². The zero-order chi connectivity index (χ0) is 12.3. The first-order valence-corrected chi connectivity index (χ1v) is 6.67. The molecule has 0 bridgehead atoms. The molecule has 0 spiro atoms. The standard InChI is InChI=1S/C10H14N2O2S2/c1-3-12-16(13,14)9-6-8(10(11)15)5-4-7(9)2/h4-6,12H,3H2,1-2H3,(H2,11,15). The van der Waals surface area contributed by atoms with Crippen LogP contribution in [0.25, 0.3) is 0 Å². The Balaban J connectivity index is 3.33. The highest BCUT2D eigenvalue weighted by molar-refractivity contribution is 7.89. The normalized spacial score (nSPS) is 11.4. The van der Waals surface area contributed by atoms with Crippen molar-refractivity contribution in [3.05, 3.63) is 29.3 Å². The minimum absolute atomic E-state index is 0.188. The van der Waals surface area contributed by atoms with Gasteiger partial charge < -0.3 is 5.73 Å². The fourth-order valence-electron chi connectivity index (χ4n) is 1.31. The van der Waals surface area contributed by atoms with Crippen molar-refractivity contribution in [2.75, 3.05) is 6.54 Å². The first-order chi connectivity index (χ1) is 7.38. The van der Waals surface area contributed by atoms with Gasteiger partial charge in [0.05, 0.1) is 4.90 Å². The lowest BCUT2D eigenvalue weighted by Gasteiger charge is -2.09. The lowest BCUT2D eigenvalue weighted by atomic mass is 10.1. The van der Waals surface area contributed by atoms with Crippen molar-refractivity contribution in [3.63, 3.8) is 0 Å². The van der Waals surface area contributed by atoms with Gasteiger partial charge in [0.25, 0.3) is 0 Å². The highest BCUT2D eigenvalue weighted by Gasteiger charge is 2.16. The molecule has 0 aromatic heterocycles. The van der Waals surface area contributed by atoms with Crippen molar-refractivity contribution in [3.8, 4) is 0 Å². The number of benzene rings is 1. The maximum atomic E-state index is 11.8. The number of nitrogens with two attached hydrogens (primary N) is 1. The van der Waals surface area contributed by atoms with Crippen LogP contribution in [0.3, 0.4) is 0 Å². The predicted octanol–water partition coefficient (Wildman–Crippen LogP) is 0.927. The third kappa shape index (κ3) is 2.78. The van der Waals surface area contributed by atoms with Gasteiger partial charge in [0.2, 0.25) is 10.0 Å². The molecule has 0 saturated heterocycles. The third-order valence-corrected chi connectivity index (χ3v) is 4.02. The number of hydrogen-bond acceptors (Lipinski definition) is 3. The first kappa shape index (κ1) is 13.1. The molecular weight excluding hydrogens is 244 g/mol. The summed E-state index contributed by atoms with van der Waals surface area (Å²) in [6, 6.07) is 4.90. The van der Waals surface area contributed by atoms with E-state index < -0.39 is 10.0 Å². The molecule has 16 heavy (non-hydrogen) atoms. The van der Waals surface area contributed by atoms with Crippen molar-refractivity contribution >= 4 is 27.2 Å². The SMILES string of the molecule is CCNS(=O)(=O)c1cc(C(N)=S)ccc1C. The van der Waals surface area contributed by atoms with Crippen LogP contribution in [0.2, 0.25) is 0 Å². The minimum atomic E-state index is -3.46. The number of hydrogen-bond donors (Lipinski definition) is 2. The molecule has 1 aromatic rings. The number of aryl methyl sites for hydroxylation is 1. The Morgan fingerprint density at radius 1 is 1.50 bits per heavy atom. The second-order valence-corrected chi connectivity index (χ2v) is 5.52. The summed E-state index contributed by atoms with van der Waals surface area (Å²) in [5, 5.41) is 0. The van der Waals surface area contributed by atoms with Crippen LogP contribution < -0.4 is 10.5 Å². The first-order valence-electron chi connectivity index (χ1n) is 4.78. The molecule has 0 radical (unpaired) electrons. The molecule has 0 amide bonds. The van der Waals surface area contributed by atoms with Crippen LogP contribution in [-0.2, 0) is 10.0 Å². The summed E-state index contributed by atoms with van der Waals surface area (Å²) < 4.78 is 26.1. The second kappa shape index (κ2) is 4.90. The molecular formula is C10H14N2O2S2. The van der Waals surface area contributed by atoms with Crippen molar-refractivity contribution < 1.29 is 8.42 Å². The molecule has 0 fully saturated rings. The molecule has 0 saturated carbocycles. The molecule has 88 valence electrons. The molecule has 0 unspecified atom stereocenters. The minimum Gasteiger partial charge on any atom is -0.389 e. The Bertz CT molecular complexity index is 510. The zero-order valence-corrected chi connectivity index (χ0v) is 10.8. The van der Waals surface area contributed by atoms with Gasteiger partial charge in [0.1, 0.15) is 4.99 Å². The van der Waals surface area contributed by atoms with Crippen LogP contribution >= 0.6 is 12.2 Å². The van der Waals surface area contributed by atoms with Gasteiger partial charge in [0, 0.05) is 12.1 Å². The summed E-state index contributed by atoms with van der Waals surface area (Å²) >= 11 is 4.81. The predicted molar refractivity (Wildman–Crippen MR) is 67.9 cm³/mol. The number of thiocarbonyl (C=S) groups is 1. The molecule has 3 N–H and O–H groups in total. The summed E-state index contributed by atoms with van der Waals surface area (Å²) in [6.07, 6.45) is 0. The molecule has 0 heterocycles. The van der Waals surface area contributed by atoms with Crippen LogP contribution in [0.1, 0.15) is 18.1 Å². The maximum Gasteiger partial charge on any atom is 0.240 e. The van der Waals surface area contributed by atoms with Crippen molar-refractivity contribution in [1.29, 1.82) is 0 Å². The Labute approximate surface area is 101 Å². The number of sulfonamides is 1. The Kier molecular flexibility index (Phi) is 4.01. The molecule has 0 aliphatic carbocycles. The van der Waals surface area contributed by atoms with E-state index in [-0.39, 0.29) is 9.88 Å². The largest absolute Gasteiger partial charge is 0.389 e. The summed E-state index contributed by atoms with van der Waals surface area (Å²) in [4.78, 5) is 0.410. The Morgan fingerprint density at radius 2 is 2.12 bits per heavy atom. The van der Waals surface area contributed by atoms with E-state index in [9.17, 15) is 8.42 Å². The monoisotopic (exact) mass is 258 g/mol. The topological polar surface area (TPSA) is 72.2 Å². The molecule has 1 rings (SSSR count). The highest BCUT2D eigenvalue weighted by Crippen LogP contribution is 2.16. The molecule has 4 nitrogen and oxygen atoms in total. The summed E-state index contributed by atoms with van der Waals surface area (Å²) in [5.74, 6) is 0.